The largest absolute Gasteiger partial charge is 0.468 e. The molecule has 1 saturated carbocycles. The van der Waals surface area contributed by atoms with Gasteiger partial charge in [-0.25, -0.2) is 0 Å². The molecule has 1 heterocycles. The van der Waals surface area contributed by atoms with Crippen LogP contribution in [0.15, 0.2) is 0 Å². The quantitative estimate of drug-likeness (QED) is 0.752. The summed E-state index contributed by atoms with van der Waals surface area (Å²) in [5.74, 6) is 0.590. The molecule has 17 heavy (non-hydrogen) atoms. The Labute approximate surface area is 103 Å². The third-order valence-electron chi connectivity index (χ3n) is 4.53. The third kappa shape index (κ3) is 2.47. The number of hydrogen-bond donors (Lipinski definition) is 1. The Morgan fingerprint density at radius 3 is 2.88 bits per heavy atom. The number of esters is 1. The zero-order chi connectivity index (χ0) is 12.5. The van der Waals surface area contributed by atoms with Gasteiger partial charge in [-0.15, -0.1) is 0 Å². The van der Waals surface area contributed by atoms with Gasteiger partial charge in [0.05, 0.1) is 7.11 Å². The molecule has 1 aliphatic carbocycles. The summed E-state index contributed by atoms with van der Waals surface area (Å²) in [6, 6.07) is 0.482. The van der Waals surface area contributed by atoms with Crippen LogP contribution in [0.1, 0.15) is 39.0 Å². The van der Waals surface area contributed by atoms with Crippen LogP contribution in [0, 0.1) is 5.92 Å². The van der Waals surface area contributed by atoms with Crippen LogP contribution in [0.25, 0.3) is 0 Å². The third-order valence-corrected chi connectivity index (χ3v) is 4.53. The molecule has 98 valence electrons. The molecule has 0 amide bonds. The molecule has 3 unspecified atom stereocenters. The Kier molecular flexibility index (Phi) is 3.73. The SMILES string of the molecule is CCC1CCN(C2CCC(N)(C(=O)OC)C2)C1. The topological polar surface area (TPSA) is 55.6 Å². The number of methoxy groups -OCH3 is 1. The first-order valence-corrected chi connectivity index (χ1v) is 6.70. The predicted molar refractivity (Wildman–Crippen MR) is 66.5 cm³/mol. The van der Waals surface area contributed by atoms with E-state index in [0.717, 1.165) is 25.2 Å². The standard InChI is InChI=1S/C13H24N2O2/c1-3-10-5-7-15(9-10)11-4-6-13(14,8-11)12(16)17-2/h10-11H,3-9,14H2,1-2H3. The second-order valence-corrected chi connectivity index (χ2v) is 5.60. The van der Waals surface area contributed by atoms with E-state index in [9.17, 15) is 4.79 Å². The summed E-state index contributed by atoms with van der Waals surface area (Å²) in [6.07, 6.45) is 5.10. The van der Waals surface area contributed by atoms with Crippen molar-refractivity contribution in [3.05, 3.63) is 0 Å². The Balaban J connectivity index is 1.92. The van der Waals surface area contributed by atoms with Gasteiger partial charge < -0.3 is 15.4 Å². The first-order valence-electron chi connectivity index (χ1n) is 6.70. The minimum Gasteiger partial charge on any atom is -0.468 e. The smallest absolute Gasteiger partial charge is 0.325 e. The molecule has 0 bridgehead atoms. The van der Waals surface area contributed by atoms with Gasteiger partial charge in [0.1, 0.15) is 5.54 Å². The number of nitrogens with zero attached hydrogens (tertiary/aromatic N) is 1. The molecule has 4 nitrogen and oxygen atoms in total. The normalized spacial score (nSPS) is 38.5. The summed E-state index contributed by atoms with van der Waals surface area (Å²) in [5, 5.41) is 0. The maximum absolute atomic E-state index is 11.7. The van der Waals surface area contributed by atoms with Gasteiger partial charge in [0.2, 0.25) is 0 Å². The van der Waals surface area contributed by atoms with Gasteiger partial charge in [0.15, 0.2) is 0 Å². The molecule has 2 rings (SSSR count). The van der Waals surface area contributed by atoms with Gasteiger partial charge in [-0.3, -0.25) is 4.79 Å². The van der Waals surface area contributed by atoms with Crippen molar-refractivity contribution in [2.75, 3.05) is 20.2 Å². The molecule has 2 N–H and O–H groups in total. The maximum Gasteiger partial charge on any atom is 0.325 e. The number of hydrogen-bond acceptors (Lipinski definition) is 4. The first kappa shape index (κ1) is 12.8. The van der Waals surface area contributed by atoms with Gasteiger partial charge in [0, 0.05) is 12.6 Å². The molecule has 0 radical (unpaired) electrons. The molecular formula is C13H24N2O2. The molecule has 1 saturated heterocycles. The van der Waals surface area contributed by atoms with Crippen LogP contribution in [0.4, 0.5) is 0 Å². The molecule has 2 fully saturated rings. The lowest BCUT2D eigenvalue weighted by atomic mass is 9.99. The number of carbonyl (C=O) groups excluding carboxylic acids is 1. The summed E-state index contributed by atoms with van der Waals surface area (Å²) in [7, 11) is 1.42. The number of carbonyl (C=O) groups is 1. The molecule has 0 spiro atoms. The van der Waals surface area contributed by atoms with Gasteiger partial charge in [-0.2, -0.15) is 0 Å². The van der Waals surface area contributed by atoms with E-state index in [1.165, 1.54) is 33.0 Å². The van der Waals surface area contributed by atoms with Gasteiger partial charge in [-0.1, -0.05) is 13.3 Å². The Morgan fingerprint density at radius 1 is 1.53 bits per heavy atom. The van der Waals surface area contributed by atoms with Crippen molar-refractivity contribution < 1.29 is 9.53 Å². The summed E-state index contributed by atoms with van der Waals surface area (Å²) in [4.78, 5) is 14.2. The molecule has 0 aromatic rings. The van der Waals surface area contributed by atoms with Crippen LogP contribution in [-0.4, -0.2) is 42.6 Å². The highest BCUT2D eigenvalue weighted by molar-refractivity contribution is 5.81. The number of nitrogens with two attached hydrogens (primary N) is 1. The molecule has 3 atom stereocenters. The number of likely N-dealkylation sites (tertiary alicyclic amines) is 1. The summed E-state index contributed by atoms with van der Waals surface area (Å²) >= 11 is 0. The van der Waals surface area contributed by atoms with E-state index < -0.39 is 5.54 Å². The van der Waals surface area contributed by atoms with Crippen molar-refractivity contribution in [2.45, 2.75) is 50.6 Å². The van der Waals surface area contributed by atoms with Crippen LogP contribution in [0.5, 0.6) is 0 Å². The second-order valence-electron chi connectivity index (χ2n) is 5.60. The molecule has 4 heteroatoms. The minimum atomic E-state index is -0.732. The minimum absolute atomic E-state index is 0.244. The van der Waals surface area contributed by atoms with E-state index in [0.29, 0.717) is 6.04 Å². The van der Waals surface area contributed by atoms with Crippen molar-refractivity contribution in [1.82, 2.24) is 4.90 Å². The van der Waals surface area contributed by atoms with Crippen LogP contribution >= 0.6 is 0 Å². The predicted octanol–water partition coefficient (Wildman–Crippen LogP) is 1.14. The Hall–Kier alpha value is -0.610. The van der Waals surface area contributed by atoms with Gasteiger partial charge in [0.25, 0.3) is 0 Å². The van der Waals surface area contributed by atoms with E-state index in [-0.39, 0.29) is 5.97 Å². The second kappa shape index (κ2) is 4.94. The fourth-order valence-electron chi connectivity index (χ4n) is 3.28. The Bertz CT molecular complexity index is 295. The summed E-state index contributed by atoms with van der Waals surface area (Å²) in [6.45, 7) is 4.60. The first-order chi connectivity index (χ1) is 8.09. The average molecular weight is 240 g/mol. The Morgan fingerprint density at radius 2 is 2.29 bits per heavy atom. The molecule has 1 aliphatic heterocycles. The van der Waals surface area contributed by atoms with E-state index in [4.69, 9.17) is 10.5 Å². The molecular weight excluding hydrogens is 216 g/mol. The van der Waals surface area contributed by atoms with Crippen molar-refractivity contribution in [3.8, 4) is 0 Å². The van der Waals surface area contributed by atoms with E-state index in [2.05, 4.69) is 11.8 Å². The van der Waals surface area contributed by atoms with Crippen LogP contribution in [-0.2, 0) is 9.53 Å². The van der Waals surface area contributed by atoms with Crippen molar-refractivity contribution >= 4 is 5.97 Å². The van der Waals surface area contributed by atoms with Crippen LogP contribution in [0.2, 0.25) is 0 Å². The number of ether oxygens (including phenoxy) is 1. The molecule has 0 aromatic carbocycles. The molecule has 2 aliphatic rings. The lowest BCUT2D eigenvalue weighted by molar-refractivity contribution is -0.146. The van der Waals surface area contributed by atoms with Crippen molar-refractivity contribution in [2.24, 2.45) is 11.7 Å². The summed E-state index contributed by atoms with van der Waals surface area (Å²) in [5.41, 5.74) is 5.40. The van der Waals surface area contributed by atoms with Crippen molar-refractivity contribution in [3.63, 3.8) is 0 Å². The van der Waals surface area contributed by atoms with Crippen molar-refractivity contribution in [1.29, 1.82) is 0 Å². The fraction of sp³-hybridized carbons (Fsp3) is 0.923. The monoisotopic (exact) mass is 240 g/mol. The summed E-state index contributed by atoms with van der Waals surface area (Å²) < 4.78 is 4.81. The zero-order valence-corrected chi connectivity index (χ0v) is 10.9. The van der Waals surface area contributed by atoms with Gasteiger partial charge in [-0.05, 0) is 38.1 Å². The lowest BCUT2D eigenvalue weighted by Crippen LogP contribution is -2.48. The fourth-order valence-corrected chi connectivity index (χ4v) is 3.28. The zero-order valence-electron chi connectivity index (χ0n) is 10.9. The van der Waals surface area contributed by atoms with E-state index in [1.54, 1.807) is 0 Å². The van der Waals surface area contributed by atoms with Crippen LogP contribution in [0.3, 0.4) is 0 Å². The highest BCUT2D eigenvalue weighted by Crippen LogP contribution is 2.35. The van der Waals surface area contributed by atoms with E-state index in [1.807, 2.05) is 0 Å². The molecule has 0 aromatic heterocycles. The van der Waals surface area contributed by atoms with Gasteiger partial charge >= 0.3 is 5.97 Å². The van der Waals surface area contributed by atoms with Crippen LogP contribution < -0.4 is 5.73 Å². The number of rotatable bonds is 3. The highest BCUT2D eigenvalue weighted by Gasteiger charge is 2.45. The van der Waals surface area contributed by atoms with E-state index >= 15 is 0 Å². The maximum atomic E-state index is 11.7. The average Bonchev–Trinajstić information content (AvgIpc) is 2.94. The lowest BCUT2D eigenvalue weighted by Gasteiger charge is -2.26. The highest BCUT2D eigenvalue weighted by atomic mass is 16.5.